The summed E-state index contributed by atoms with van der Waals surface area (Å²) in [7, 11) is 0. The molecule has 132 valence electrons. The number of hydrogen-bond acceptors (Lipinski definition) is 3. The minimum atomic E-state index is -0.317. The molecule has 5 nitrogen and oxygen atoms in total. The molecule has 2 aliphatic rings. The van der Waals surface area contributed by atoms with Gasteiger partial charge in [-0.1, -0.05) is 32.8 Å². The Morgan fingerprint density at radius 2 is 2.12 bits per heavy atom. The van der Waals surface area contributed by atoms with E-state index in [1.54, 1.807) is 24.3 Å². The molecule has 2 fully saturated rings. The Balaban J connectivity index is 1.65. The van der Waals surface area contributed by atoms with Gasteiger partial charge in [0.1, 0.15) is 0 Å². The monoisotopic (exact) mass is 339 g/mol. The van der Waals surface area contributed by atoms with E-state index >= 15 is 0 Å². The average molecular weight is 339 g/mol. The summed E-state index contributed by atoms with van der Waals surface area (Å²) in [4.78, 5) is 27.0. The van der Waals surface area contributed by atoms with Crippen LogP contribution in [0.4, 0.5) is 5.69 Å². The smallest absolute Gasteiger partial charge is 0.229 e. The van der Waals surface area contributed by atoms with Crippen molar-refractivity contribution in [2.45, 2.75) is 45.6 Å². The van der Waals surface area contributed by atoms with Gasteiger partial charge < -0.3 is 10.2 Å². The van der Waals surface area contributed by atoms with Crippen molar-refractivity contribution in [3.8, 4) is 6.07 Å². The van der Waals surface area contributed by atoms with E-state index in [0.717, 1.165) is 12.8 Å². The van der Waals surface area contributed by atoms with Gasteiger partial charge >= 0.3 is 0 Å². The van der Waals surface area contributed by atoms with Gasteiger partial charge in [-0.25, -0.2) is 0 Å². The lowest BCUT2D eigenvalue weighted by Crippen LogP contribution is -2.45. The van der Waals surface area contributed by atoms with E-state index in [9.17, 15) is 9.59 Å². The summed E-state index contributed by atoms with van der Waals surface area (Å²) in [5.74, 6) is 0.738. The van der Waals surface area contributed by atoms with Gasteiger partial charge in [0.2, 0.25) is 11.8 Å². The number of rotatable bonds is 3. The Labute approximate surface area is 149 Å². The number of amides is 2. The van der Waals surface area contributed by atoms with E-state index in [0.29, 0.717) is 29.6 Å². The van der Waals surface area contributed by atoms with Crippen LogP contribution in [-0.4, -0.2) is 29.3 Å². The van der Waals surface area contributed by atoms with Crippen molar-refractivity contribution < 1.29 is 9.59 Å². The number of carbonyl (C=O) groups excluding carboxylic acids is 2. The fraction of sp³-hybridized carbons (Fsp3) is 0.550. The minimum Gasteiger partial charge on any atom is -0.339 e. The highest BCUT2D eigenvalue weighted by molar-refractivity contribution is 5.97. The highest BCUT2D eigenvalue weighted by atomic mass is 16.2. The van der Waals surface area contributed by atoms with Crippen LogP contribution >= 0.6 is 0 Å². The summed E-state index contributed by atoms with van der Waals surface area (Å²) in [5, 5.41) is 11.8. The molecule has 1 saturated heterocycles. The predicted octanol–water partition coefficient (Wildman–Crippen LogP) is 3.17. The molecular formula is C20H25N3O2. The van der Waals surface area contributed by atoms with Gasteiger partial charge in [0, 0.05) is 24.7 Å². The number of hydrogen-bond donors (Lipinski definition) is 1. The molecule has 0 spiro atoms. The van der Waals surface area contributed by atoms with Crippen LogP contribution in [0.1, 0.15) is 45.1 Å². The highest BCUT2D eigenvalue weighted by Crippen LogP contribution is 2.35. The number of nitrogens with zero attached hydrogens (tertiary/aromatic N) is 2. The van der Waals surface area contributed by atoms with Crippen molar-refractivity contribution in [1.82, 2.24) is 4.90 Å². The van der Waals surface area contributed by atoms with Crippen molar-refractivity contribution in [1.29, 1.82) is 5.26 Å². The number of benzene rings is 1. The number of nitriles is 1. The molecule has 1 aliphatic carbocycles. The molecule has 1 saturated carbocycles. The Morgan fingerprint density at radius 3 is 2.88 bits per heavy atom. The predicted molar refractivity (Wildman–Crippen MR) is 95.6 cm³/mol. The molecule has 25 heavy (non-hydrogen) atoms. The fourth-order valence-electron chi connectivity index (χ4n) is 4.13. The average Bonchev–Trinajstić information content (AvgIpc) is 2.99. The molecule has 0 bridgehead atoms. The largest absolute Gasteiger partial charge is 0.339 e. The van der Waals surface area contributed by atoms with Crippen LogP contribution in [0.3, 0.4) is 0 Å². The molecule has 0 aromatic heterocycles. The first kappa shape index (κ1) is 17.5. The summed E-state index contributed by atoms with van der Waals surface area (Å²) in [6.07, 6.45) is 3.69. The Kier molecular flexibility index (Phi) is 5.08. The van der Waals surface area contributed by atoms with Crippen molar-refractivity contribution >= 4 is 17.5 Å². The molecule has 3 rings (SSSR count). The number of carbonyl (C=O) groups is 2. The van der Waals surface area contributed by atoms with E-state index in [2.05, 4.69) is 25.2 Å². The zero-order chi connectivity index (χ0) is 18.0. The van der Waals surface area contributed by atoms with Crippen LogP contribution in [0.2, 0.25) is 0 Å². The first-order valence-corrected chi connectivity index (χ1v) is 9.10. The molecule has 0 radical (unpaired) electrons. The van der Waals surface area contributed by atoms with Crippen LogP contribution in [0.5, 0.6) is 0 Å². The van der Waals surface area contributed by atoms with E-state index in [1.165, 1.54) is 6.42 Å². The third-order valence-electron chi connectivity index (χ3n) is 5.85. The standard InChI is InChI=1S/C20H25N3O2/c1-13-5-3-8-18(14(13)2)23-12-16(10-19(23)24)20(25)22-17-7-4-6-15(9-17)11-21/h4,6-7,9,13-14,16,18H,3,5,8,10,12H2,1-2H3,(H,22,25)/t13-,14+,16+,18+/m1/s1. The van der Waals surface area contributed by atoms with Crippen LogP contribution < -0.4 is 5.32 Å². The van der Waals surface area contributed by atoms with Gasteiger partial charge in [0.25, 0.3) is 0 Å². The first-order chi connectivity index (χ1) is 12.0. The molecule has 1 aliphatic heterocycles. The number of likely N-dealkylation sites (tertiary alicyclic amines) is 1. The van der Waals surface area contributed by atoms with E-state index in [1.807, 2.05) is 4.90 Å². The molecule has 1 aromatic carbocycles. The SMILES string of the molecule is C[C@H]1[C@H](C)CCC[C@@H]1N1C[C@@H](C(=O)Nc2cccc(C#N)c2)CC1=O. The lowest BCUT2D eigenvalue weighted by Gasteiger charge is -2.40. The summed E-state index contributed by atoms with van der Waals surface area (Å²) >= 11 is 0. The maximum Gasteiger partial charge on any atom is 0.229 e. The molecular weight excluding hydrogens is 314 g/mol. The number of anilines is 1. The first-order valence-electron chi connectivity index (χ1n) is 9.10. The summed E-state index contributed by atoms with van der Waals surface area (Å²) < 4.78 is 0. The second-order valence-electron chi connectivity index (χ2n) is 7.46. The molecule has 1 heterocycles. The topological polar surface area (TPSA) is 73.2 Å². The quantitative estimate of drug-likeness (QED) is 0.919. The Morgan fingerprint density at radius 1 is 1.32 bits per heavy atom. The van der Waals surface area contributed by atoms with Gasteiger partial charge in [0.05, 0.1) is 17.6 Å². The lowest BCUT2D eigenvalue weighted by atomic mass is 9.77. The third-order valence-corrected chi connectivity index (χ3v) is 5.85. The Hall–Kier alpha value is -2.35. The third kappa shape index (κ3) is 3.68. The van der Waals surface area contributed by atoms with Crippen molar-refractivity contribution in [2.24, 2.45) is 17.8 Å². The van der Waals surface area contributed by atoms with Gasteiger partial charge in [-0.15, -0.1) is 0 Å². The van der Waals surface area contributed by atoms with Gasteiger partial charge in [0.15, 0.2) is 0 Å². The van der Waals surface area contributed by atoms with Crippen molar-refractivity contribution in [3.63, 3.8) is 0 Å². The maximum absolute atomic E-state index is 12.6. The lowest BCUT2D eigenvalue weighted by molar-refractivity contribution is -0.131. The highest BCUT2D eigenvalue weighted by Gasteiger charge is 2.41. The van der Waals surface area contributed by atoms with E-state index < -0.39 is 0 Å². The van der Waals surface area contributed by atoms with Crippen LogP contribution in [0, 0.1) is 29.1 Å². The minimum absolute atomic E-state index is 0.0943. The van der Waals surface area contributed by atoms with Crippen LogP contribution in [0.25, 0.3) is 0 Å². The van der Waals surface area contributed by atoms with Gasteiger partial charge in [-0.05, 0) is 36.5 Å². The molecule has 0 unspecified atom stereocenters. The molecule has 5 heteroatoms. The second kappa shape index (κ2) is 7.26. The van der Waals surface area contributed by atoms with Crippen molar-refractivity contribution in [3.05, 3.63) is 29.8 Å². The summed E-state index contributed by atoms with van der Waals surface area (Å²) in [6.45, 7) is 4.98. The Bertz CT molecular complexity index is 709. The fourth-order valence-corrected chi connectivity index (χ4v) is 4.13. The maximum atomic E-state index is 12.6. The van der Waals surface area contributed by atoms with Gasteiger partial charge in [-0.2, -0.15) is 5.26 Å². The van der Waals surface area contributed by atoms with Crippen molar-refractivity contribution in [2.75, 3.05) is 11.9 Å². The van der Waals surface area contributed by atoms with E-state index in [-0.39, 0.29) is 30.2 Å². The number of nitrogens with one attached hydrogen (secondary N) is 1. The normalized spacial score (nSPS) is 29.3. The summed E-state index contributed by atoms with van der Waals surface area (Å²) in [5.41, 5.74) is 1.11. The van der Waals surface area contributed by atoms with Crippen LogP contribution in [-0.2, 0) is 9.59 Å². The van der Waals surface area contributed by atoms with Gasteiger partial charge in [-0.3, -0.25) is 9.59 Å². The molecule has 4 atom stereocenters. The summed E-state index contributed by atoms with van der Waals surface area (Å²) in [6, 6.07) is 9.17. The zero-order valence-electron chi connectivity index (χ0n) is 14.9. The zero-order valence-corrected chi connectivity index (χ0v) is 14.9. The molecule has 1 aromatic rings. The van der Waals surface area contributed by atoms with Crippen LogP contribution in [0.15, 0.2) is 24.3 Å². The molecule has 1 N–H and O–H groups in total. The van der Waals surface area contributed by atoms with E-state index in [4.69, 9.17) is 5.26 Å². The molecule has 2 amide bonds. The second-order valence-corrected chi connectivity index (χ2v) is 7.46.